The first-order chi connectivity index (χ1) is 10.1. The summed E-state index contributed by atoms with van der Waals surface area (Å²) < 4.78 is 32.6. The number of benzene rings is 2. The predicted molar refractivity (Wildman–Crippen MR) is 78.9 cm³/mol. The van der Waals surface area contributed by atoms with Crippen LogP contribution in [0.15, 0.2) is 30.3 Å². The molecule has 1 N–H and O–H groups in total. The third-order valence-corrected chi connectivity index (χ3v) is 3.73. The smallest absolute Gasteiger partial charge is 0.146 e. The van der Waals surface area contributed by atoms with E-state index in [1.165, 1.54) is 23.3 Å². The van der Waals surface area contributed by atoms with Crippen molar-refractivity contribution in [2.75, 3.05) is 18.5 Å². The summed E-state index contributed by atoms with van der Waals surface area (Å²) in [6, 6.07) is 8.53. The van der Waals surface area contributed by atoms with E-state index in [1.807, 2.05) is 12.1 Å². The molecule has 0 saturated carbocycles. The highest BCUT2D eigenvalue weighted by atomic mass is 19.1. The van der Waals surface area contributed by atoms with E-state index in [9.17, 15) is 8.78 Å². The van der Waals surface area contributed by atoms with Crippen molar-refractivity contribution in [2.45, 2.75) is 19.8 Å². The Bertz CT molecular complexity index is 670. The van der Waals surface area contributed by atoms with Gasteiger partial charge in [0.25, 0.3) is 0 Å². The summed E-state index contributed by atoms with van der Waals surface area (Å²) in [4.78, 5) is 0. The Labute approximate surface area is 122 Å². The molecule has 0 radical (unpaired) electrons. The van der Waals surface area contributed by atoms with Crippen LogP contribution in [0.4, 0.5) is 14.5 Å². The molecule has 1 aliphatic rings. The largest absolute Gasteiger partial charge is 0.493 e. The van der Waals surface area contributed by atoms with Gasteiger partial charge in [0.15, 0.2) is 0 Å². The third-order valence-electron chi connectivity index (χ3n) is 3.73. The van der Waals surface area contributed by atoms with Gasteiger partial charge in [0.2, 0.25) is 0 Å². The molecule has 3 rings (SSSR count). The molecule has 0 bridgehead atoms. The van der Waals surface area contributed by atoms with Crippen LogP contribution in [-0.4, -0.2) is 13.2 Å². The number of aryl methyl sites for hydroxylation is 1. The van der Waals surface area contributed by atoms with Crippen molar-refractivity contribution in [1.29, 1.82) is 0 Å². The molecule has 0 fully saturated rings. The summed E-state index contributed by atoms with van der Waals surface area (Å²) >= 11 is 0. The minimum atomic E-state index is -0.420. The molecule has 4 heteroatoms. The molecule has 0 saturated heterocycles. The van der Waals surface area contributed by atoms with Gasteiger partial charge in [-0.25, -0.2) is 8.78 Å². The molecule has 0 amide bonds. The number of halogens is 2. The lowest BCUT2D eigenvalue weighted by Gasteiger charge is -2.09. The van der Waals surface area contributed by atoms with Crippen LogP contribution in [0.5, 0.6) is 5.75 Å². The molecule has 1 heterocycles. The number of rotatable bonds is 4. The van der Waals surface area contributed by atoms with E-state index in [2.05, 4.69) is 11.4 Å². The molecule has 0 unspecified atom stereocenters. The highest BCUT2D eigenvalue weighted by molar-refractivity contribution is 5.47. The first-order valence-electron chi connectivity index (χ1n) is 7.07. The average molecular weight is 289 g/mol. The van der Waals surface area contributed by atoms with Crippen molar-refractivity contribution in [3.8, 4) is 5.75 Å². The standard InChI is InChI=1S/C17H17F2NO/c1-11-8-15(19)16(10-14(11)18)20-6-4-12-2-3-17-13(9-12)5-7-21-17/h2-3,8-10,20H,4-7H2,1H3. The maximum Gasteiger partial charge on any atom is 0.146 e. The maximum absolute atomic E-state index is 13.7. The lowest BCUT2D eigenvalue weighted by Crippen LogP contribution is -2.07. The molecule has 2 nitrogen and oxygen atoms in total. The summed E-state index contributed by atoms with van der Waals surface area (Å²) in [7, 11) is 0. The van der Waals surface area contributed by atoms with Gasteiger partial charge in [-0.3, -0.25) is 0 Å². The van der Waals surface area contributed by atoms with Crippen LogP contribution in [0.25, 0.3) is 0 Å². The number of anilines is 1. The van der Waals surface area contributed by atoms with Gasteiger partial charge >= 0.3 is 0 Å². The fourth-order valence-electron chi connectivity index (χ4n) is 2.52. The number of hydrogen-bond acceptors (Lipinski definition) is 2. The maximum atomic E-state index is 13.7. The van der Waals surface area contributed by atoms with Crippen molar-refractivity contribution >= 4 is 5.69 Å². The molecule has 0 atom stereocenters. The van der Waals surface area contributed by atoms with Gasteiger partial charge < -0.3 is 10.1 Å². The van der Waals surface area contributed by atoms with Crippen LogP contribution >= 0.6 is 0 Å². The minimum Gasteiger partial charge on any atom is -0.493 e. The molecule has 1 aliphatic heterocycles. The van der Waals surface area contributed by atoms with E-state index in [0.29, 0.717) is 12.1 Å². The highest BCUT2D eigenvalue weighted by Crippen LogP contribution is 2.26. The Hall–Kier alpha value is -2.10. The summed E-state index contributed by atoms with van der Waals surface area (Å²) in [5, 5.41) is 2.95. The topological polar surface area (TPSA) is 21.3 Å². The molecule has 2 aromatic rings. The number of nitrogens with one attached hydrogen (secondary N) is 1. The Kier molecular flexibility index (Phi) is 3.78. The number of ether oxygens (including phenoxy) is 1. The average Bonchev–Trinajstić information content (AvgIpc) is 2.92. The number of hydrogen-bond donors (Lipinski definition) is 1. The second-order valence-electron chi connectivity index (χ2n) is 5.30. The van der Waals surface area contributed by atoms with Gasteiger partial charge in [0, 0.05) is 19.0 Å². The summed E-state index contributed by atoms with van der Waals surface area (Å²) in [5.41, 5.74) is 2.92. The zero-order chi connectivity index (χ0) is 14.8. The molecular formula is C17H17F2NO. The Balaban J connectivity index is 1.62. The normalized spacial score (nSPS) is 12.9. The van der Waals surface area contributed by atoms with Gasteiger partial charge in [0.05, 0.1) is 12.3 Å². The van der Waals surface area contributed by atoms with Gasteiger partial charge in [-0.15, -0.1) is 0 Å². The molecule has 21 heavy (non-hydrogen) atoms. The summed E-state index contributed by atoms with van der Waals surface area (Å²) in [6.45, 7) is 2.85. The predicted octanol–water partition coefficient (Wildman–Crippen LogP) is 3.86. The quantitative estimate of drug-likeness (QED) is 0.922. The molecule has 110 valence electrons. The fraction of sp³-hybridized carbons (Fsp3) is 0.294. The highest BCUT2D eigenvalue weighted by Gasteiger charge is 2.12. The minimum absolute atomic E-state index is 0.211. The van der Waals surface area contributed by atoms with E-state index in [0.717, 1.165) is 25.2 Å². The van der Waals surface area contributed by atoms with Crippen molar-refractivity contribution in [3.05, 3.63) is 58.7 Å². The first kappa shape index (κ1) is 13.9. The van der Waals surface area contributed by atoms with Crippen molar-refractivity contribution < 1.29 is 13.5 Å². The van der Waals surface area contributed by atoms with Gasteiger partial charge in [-0.1, -0.05) is 12.1 Å². The van der Waals surface area contributed by atoms with E-state index in [1.54, 1.807) is 6.92 Å². The molecule has 0 spiro atoms. The monoisotopic (exact) mass is 289 g/mol. The third kappa shape index (κ3) is 2.99. The Morgan fingerprint density at radius 2 is 2.00 bits per heavy atom. The van der Waals surface area contributed by atoms with Gasteiger partial charge in [-0.2, -0.15) is 0 Å². The first-order valence-corrected chi connectivity index (χ1v) is 7.07. The van der Waals surface area contributed by atoms with Crippen molar-refractivity contribution in [2.24, 2.45) is 0 Å². The van der Waals surface area contributed by atoms with Gasteiger partial charge in [-0.05, 0) is 42.2 Å². The SMILES string of the molecule is Cc1cc(F)c(NCCc2ccc3c(c2)CCO3)cc1F. The molecule has 2 aromatic carbocycles. The van der Waals surface area contributed by atoms with E-state index in [-0.39, 0.29) is 5.69 Å². The molecule has 0 aliphatic carbocycles. The van der Waals surface area contributed by atoms with E-state index in [4.69, 9.17) is 4.74 Å². The lowest BCUT2D eigenvalue weighted by molar-refractivity contribution is 0.357. The zero-order valence-electron chi connectivity index (χ0n) is 11.9. The lowest BCUT2D eigenvalue weighted by atomic mass is 10.1. The van der Waals surface area contributed by atoms with Crippen LogP contribution in [-0.2, 0) is 12.8 Å². The molecule has 0 aromatic heterocycles. The summed E-state index contributed by atoms with van der Waals surface area (Å²) in [5.74, 6) is 0.142. The van der Waals surface area contributed by atoms with Crippen LogP contribution in [0, 0.1) is 18.6 Å². The summed E-state index contributed by atoms with van der Waals surface area (Å²) in [6.07, 6.45) is 1.69. The Morgan fingerprint density at radius 3 is 2.86 bits per heavy atom. The van der Waals surface area contributed by atoms with Crippen LogP contribution in [0.1, 0.15) is 16.7 Å². The van der Waals surface area contributed by atoms with E-state index >= 15 is 0 Å². The zero-order valence-corrected chi connectivity index (χ0v) is 11.9. The Morgan fingerprint density at radius 1 is 1.14 bits per heavy atom. The van der Waals surface area contributed by atoms with E-state index < -0.39 is 11.6 Å². The van der Waals surface area contributed by atoms with Crippen LogP contribution in [0.2, 0.25) is 0 Å². The second-order valence-corrected chi connectivity index (χ2v) is 5.30. The molecular weight excluding hydrogens is 272 g/mol. The van der Waals surface area contributed by atoms with Crippen LogP contribution < -0.4 is 10.1 Å². The van der Waals surface area contributed by atoms with Gasteiger partial charge in [0.1, 0.15) is 17.4 Å². The fourth-order valence-corrected chi connectivity index (χ4v) is 2.52. The van der Waals surface area contributed by atoms with Crippen LogP contribution in [0.3, 0.4) is 0 Å². The second kappa shape index (κ2) is 5.72. The van der Waals surface area contributed by atoms with Crippen molar-refractivity contribution in [1.82, 2.24) is 0 Å². The number of fused-ring (bicyclic) bond motifs is 1. The van der Waals surface area contributed by atoms with Crippen molar-refractivity contribution in [3.63, 3.8) is 0 Å².